The molecule has 1 N–H and O–H groups in total. The Bertz CT molecular complexity index is 332. The first-order valence-corrected chi connectivity index (χ1v) is 9.70. The smallest absolute Gasteiger partial charge is 0.152 e. The molecule has 0 aliphatic heterocycles. The van der Waals surface area contributed by atoms with Crippen LogP contribution in [0.2, 0.25) is 0 Å². The average Bonchev–Trinajstić information content (AvgIpc) is 2.34. The summed E-state index contributed by atoms with van der Waals surface area (Å²) >= 11 is 0. The van der Waals surface area contributed by atoms with Gasteiger partial charge in [0.25, 0.3) is 0 Å². The summed E-state index contributed by atoms with van der Waals surface area (Å²) in [6.07, 6.45) is 7.29. The van der Waals surface area contributed by atoms with Gasteiger partial charge in [-0.2, -0.15) is 0 Å². The van der Waals surface area contributed by atoms with Crippen LogP contribution < -0.4 is 5.32 Å². The quantitative estimate of drug-likeness (QED) is 0.747. The number of hydrogen-bond donors (Lipinski definition) is 1. The van der Waals surface area contributed by atoms with Gasteiger partial charge < -0.3 is 5.32 Å². The van der Waals surface area contributed by atoms with Crippen molar-refractivity contribution in [1.82, 2.24) is 5.32 Å². The van der Waals surface area contributed by atoms with Gasteiger partial charge in [0.1, 0.15) is 0 Å². The summed E-state index contributed by atoms with van der Waals surface area (Å²) < 4.78 is 24.4. The summed E-state index contributed by atoms with van der Waals surface area (Å²) in [7, 11) is -2.92. The van der Waals surface area contributed by atoms with Crippen LogP contribution in [0.25, 0.3) is 0 Å². The van der Waals surface area contributed by atoms with Crippen molar-refractivity contribution in [1.29, 1.82) is 0 Å². The Hall–Kier alpha value is -0.0900. The molecule has 1 atom stereocenters. The van der Waals surface area contributed by atoms with E-state index in [-0.39, 0.29) is 12.0 Å². The van der Waals surface area contributed by atoms with E-state index in [1.54, 1.807) is 0 Å². The molecular weight excluding hydrogens is 258 g/mol. The molecule has 1 rings (SSSR count). The number of hydrogen-bond acceptors (Lipinski definition) is 3. The van der Waals surface area contributed by atoms with Crippen LogP contribution in [0.4, 0.5) is 0 Å². The van der Waals surface area contributed by atoms with Crippen LogP contribution >= 0.6 is 0 Å². The van der Waals surface area contributed by atoms with E-state index < -0.39 is 9.84 Å². The number of rotatable bonds is 8. The van der Waals surface area contributed by atoms with Gasteiger partial charge in [0, 0.05) is 6.04 Å². The predicted molar refractivity (Wildman–Crippen MR) is 82.1 cm³/mol. The van der Waals surface area contributed by atoms with Crippen molar-refractivity contribution in [3.8, 4) is 0 Å². The largest absolute Gasteiger partial charge is 0.313 e. The zero-order valence-electron chi connectivity index (χ0n) is 12.8. The average molecular weight is 289 g/mol. The van der Waals surface area contributed by atoms with Gasteiger partial charge in [-0.05, 0) is 37.6 Å². The third-order valence-corrected chi connectivity index (χ3v) is 5.94. The van der Waals surface area contributed by atoms with Crippen molar-refractivity contribution in [2.75, 3.05) is 18.1 Å². The fraction of sp³-hybridized carbons (Fsp3) is 1.00. The summed E-state index contributed by atoms with van der Waals surface area (Å²) in [6.45, 7) is 7.02. The maximum Gasteiger partial charge on any atom is 0.152 e. The Morgan fingerprint density at radius 2 is 1.74 bits per heavy atom. The Balaban J connectivity index is 2.62. The van der Waals surface area contributed by atoms with Gasteiger partial charge in [-0.25, -0.2) is 8.42 Å². The molecule has 0 radical (unpaired) electrons. The van der Waals surface area contributed by atoms with E-state index in [4.69, 9.17) is 0 Å². The number of sulfone groups is 1. The van der Waals surface area contributed by atoms with Crippen LogP contribution in [0, 0.1) is 11.8 Å². The van der Waals surface area contributed by atoms with Gasteiger partial charge >= 0.3 is 0 Å². The van der Waals surface area contributed by atoms with E-state index in [2.05, 4.69) is 12.2 Å². The van der Waals surface area contributed by atoms with Crippen LogP contribution in [-0.4, -0.2) is 32.5 Å². The highest BCUT2D eigenvalue weighted by molar-refractivity contribution is 7.91. The highest BCUT2D eigenvalue weighted by Crippen LogP contribution is 2.27. The van der Waals surface area contributed by atoms with Crippen LogP contribution in [0.5, 0.6) is 0 Å². The molecule has 0 aromatic heterocycles. The van der Waals surface area contributed by atoms with Gasteiger partial charge in [-0.3, -0.25) is 0 Å². The SMILES string of the molecule is CCCNC(CS(=O)(=O)CC(C)C)C1CCCCC1. The van der Waals surface area contributed by atoms with E-state index in [1.165, 1.54) is 32.1 Å². The summed E-state index contributed by atoms with van der Waals surface area (Å²) in [5.41, 5.74) is 0. The van der Waals surface area contributed by atoms with Gasteiger partial charge in [0.15, 0.2) is 9.84 Å². The van der Waals surface area contributed by atoms with E-state index in [9.17, 15) is 8.42 Å². The molecule has 0 heterocycles. The van der Waals surface area contributed by atoms with Crippen molar-refractivity contribution in [3.05, 3.63) is 0 Å². The van der Waals surface area contributed by atoms with Gasteiger partial charge in [0.2, 0.25) is 0 Å². The van der Waals surface area contributed by atoms with Crippen LogP contribution in [0.3, 0.4) is 0 Å². The van der Waals surface area contributed by atoms with Crippen LogP contribution in [-0.2, 0) is 9.84 Å². The lowest BCUT2D eigenvalue weighted by molar-refractivity contribution is 0.283. The van der Waals surface area contributed by atoms with E-state index >= 15 is 0 Å². The second kappa shape index (κ2) is 8.25. The van der Waals surface area contributed by atoms with E-state index in [0.29, 0.717) is 17.4 Å². The van der Waals surface area contributed by atoms with Crippen LogP contribution in [0.15, 0.2) is 0 Å². The topological polar surface area (TPSA) is 46.2 Å². The summed E-state index contributed by atoms with van der Waals surface area (Å²) in [6, 6.07) is 0.170. The third kappa shape index (κ3) is 6.75. The zero-order chi connectivity index (χ0) is 14.3. The highest BCUT2D eigenvalue weighted by atomic mass is 32.2. The maximum absolute atomic E-state index is 12.2. The van der Waals surface area contributed by atoms with Crippen molar-refractivity contribution in [2.45, 2.75) is 65.3 Å². The first kappa shape index (κ1) is 17.0. The molecule has 114 valence electrons. The monoisotopic (exact) mass is 289 g/mol. The van der Waals surface area contributed by atoms with Crippen molar-refractivity contribution in [3.63, 3.8) is 0 Å². The number of nitrogens with one attached hydrogen (secondary N) is 1. The van der Waals surface area contributed by atoms with Gasteiger partial charge in [-0.1, -0.05) is 40.0 Å². The van der Waals surface area contributed by atoms with Crippen molar-refractivity contribution in [2.24, 2.45) is 11.8 Å². The Kier molecular flexibility index (Phi) is 7.37. The fourth-order valence-electron chi connectivity index (χ4n) is 3.08. The second-order valence-corrected chi connectivity index (χ2v) is 8.58. The minimum absolute atomic E-state index is 0.170. The lowest BCUT2D eigenvalue weighted by atomic mass is 9.84. The predicted octanol–water partition coefficient (Wildman–Crippen LogP) is 3.01. The molecular formula is C15H31NO2S. The molecule has 1 saturated carbocycles. The molecule has 1 unspecified atom stereocenters. The molecule has 0 bridgehead atoms. The Labute approximate surface area is 119 Å². The molecule has 19 heavy (non-hydrogen) atoms. The molecule has 4 heteroatoms. The first-order chi connectivity index (χ1) is 8.94. The maximum atomic E-state index is 12.2. The van der Waals surface area contributed by atoms with Gasteiger partial charge in [-0.15, -0.1) is 0 Å². The fourth-order valence-corrected chi connectivity index (χ4v) is 5.17. The minimum Gasteiger partial charge on any atom is -0.313 e. The molecule has 3 nitrogen and oxygen atoms in total. The molecule has 0 spiro atoms. The molecule has 0 amide bonds. The second-order valence-electron chi connectivity index (χ2n) is 6.43. The molecule has 1 aliphatic rings. The summed E-state index contributed by atoms with van der Waals surface area (Å²) in [4.78, 5) is 0. The Morgan fingerprint density at radius 1 is 1.11 bits per heavy atom. The van der Waals surface area contributed by atoms with Crippen molar-refractivity contribution >= 4 is 9.84 Å². The molecule has 0 aromatic carbocycles. The van der Waals surface area contributed by atoms with E-state index in [0.717, 1.165) is 13.0 Å². The normalized spacial score (nSPS) is 19.8. The van der Waals surface area contributed by atoms with Crippen LogP contribution in [0.1, 0.15) is 59.3 Å². The molecule has 1 fully saturated rings. The summed E-state index contributed by atoms with van der Waals surface area (Å²) in [5.74, 6) is 1.44. The van der Waals surface area contributed by atoms with Crippen molar-refractivity contribution < 1.29 is 8.42 Å². The minimum atomic E-state index is -2.92. The molecule has 0 saturated heterocycles. The first-order valence-electron chi connectivity index (χ1n) is 7.88. The Morgan fingerprint density at radius 3 is 2.26 bits per heavy atom. The third-order valence-electron chi connectivity index (χ3n) is 3.90. The molecule has 0 aromatic rings. The zero-order valence-corrected chi connectivity index (χ0v) is 13.6. The summed E-state index contributed by atoms with van der Waals surface area (Å²) in [5, 5.41) is 3.49. The van der Waals surface area contributed by atoms with E-state index in [1.807, 2.05) is 13.8 Å². The lowest BCUT2D eigenvalue weighted by Gasteiger charge is -2.31. The molecule has 1 aliphatic carbocycles. The van der Waals surface area contributed by atoms with Gasteiger partial charge in [0.05, 0.1) is 11.5 Å². The lowest BCUT2D eigenvalue weighted by Crippen LogP contribution is -2.43. The highest BCUT2D eigenvalue weighted by Gasteiger charge is 2.28. The standard InChI is InChI=1S/C15H31NO2S/c1-4-10-16-15(14-8-6-5-7-9-14)12-19(17,18)11-13(2)3/h13-16H,4-12H2,1-3H3.